The highest BCUT2D eigenvalue weighted by Crippen LogP contribution is 2.29. The lowest BCUT2D eigenvalue weighted by molar-refractivity contribution is 0.0580. The molecule has 4 N–H and O–H groups in total. The number of aliphatic hydroxyl groups is 1. The average molecular weight is 337 g/mol. The Hall–Kier alpha value is -2.86. The first-order chi connectivity index (χ1) is 11.8. The van der Waals surface area contributed by atoms with Gasteiger partial charge in [-0.3, -0.25) is 4.68 Å². The summed E-state index contributed by atoms with van der Waals surface area (Å²) in [5.74, 6) is 0.431. The van der Waals surface area contributed by atoms with E-state index in [1.54, 1.807) is 24.6 Å². The lowest BCUT2D eigenvalue weighted by Gasteiger charge is -2.16. The van der Waals surface area contributed by atoms with E-state index in [0.717, 1.165) is 33.1 Å². The van der Waals surface area contributed by atoms with E-state index >= 15 is 0 Å². The van der Waals surface area contributed by atoms with Crippen LogP contribution in [0.3, 0.4) is 0 Å². The van der Waals surface area contributed by atoms with E-state index in [4.69, 9.17) is 5.73 Å². The fourth-order valence-electron chi connectivity index (χ4n) is 2.91. The Kier molecular flexibility index (Phi) is 4.22. The molecule has 1 aromatic carbocycles. The number of hydrogen-bond acceptors (Lipinski definition) is 5. The first-order valence-corrected chi connectivity index (χ1v) is 8.12. The molecule has 0 aliphatic rings. The van der Waals surface area contributed by atoms with Crippen LogP contribution in [0.1, 0.15) is 19.4 Å². The number of fused-ring (bicyclic) bond motifs is 3. The van der Waals surface area contributed by atoms with Crippen molar-refractivity contribution in [1.82, 2.24) is 20.1 Å². The second-order valence-electron chi connectivity index (χ2n) is 6.70. The van der Waals surface area contributed by atoms with Gasteiger partial charge in [0.1, 0.15) is 11.3 Å². The highest BCUT2D eigenvalue weighted by atomic mass is 16.3. The Morgan fingerprint density at radius 3 is 2.80 bits per heavy atom. The molecule has 0 aliphatic heterocycles. The molecule has 0 spiro atoms. The van der Waals surface area contributed by atoms with Crippen LogP contribution < -0.4 is 11.1 Å². The largest absolute Gasteiger partial charge is 0.389 e. The molecule has 2 aromatic heterocycles. The Morgan fingerprint density at radius 2 is 2.16 bits per heavy atom. The number of nitrogens with one attached hydrogen (secondary N) is 1. The molecule has 0 saturated heterocycles. The summed E-state index contributed by atoms with van der Waals surface area (Å²) in [6.45, 7) is 7.61. The molecule has 0 bridgehead atoms. The number of aromatic nitrogens is 3. The summed E-state index contributed by atoms with van der Waals surface area (Å²) in [5.41, 5.74) is 8.80. The molecule has 3 aromatic rings. The van der Waals surface area contributed by atoms with Gasteiger partial charge in [-0.25, -0.2) is 4.98 Å². The Labute approximate surface area is 146 Å². The first-order valence-electron chi connectivity index (χ1n) is 8.12. The number of rotatable bonds is 5. The molecule has 0 amide bonds. The van der Waals surface area contributed by atoms with Crippen LogP contribution in [0.25, 0.3) is 27.5 Å². The maximum atomic E-state index is 10.0. The van der Waals surface area contributed by atoms with Gasteiger partial charge in [0, 0.05) is 24.3 Å². The molecule has 2 heterocycles. The van der Waals surface area contributed by atoms with Gasteiger partial charge in [0.05, 0.1) is 23.0 Å². The van der Waals surface area contributed by atoms with Crippen LogP contribution in [0.15, 0.2) is 43.1 Å². The number of anilines is 1. The van der Waals surface area contributed by atoms with E-state index < -0.39 is 5.60 Å². The van der Waals surface area contributed by atoms with Crippen LogP contribution in [0.2, 0.25) is 0 Å². The van der Waals surface area contributed by atoms with Crippen LogP contribution in [0, 0.1) is 0 Å². The summed E-state index contributed by atoms with van der Waals surface area (Å²) < 4.78 is 1.71. The molecule has 0 saturated carbocycles. The van der Waals surface area contributed by atoms with E-state index in [0.29, 0.717) is 12.4 Å². The van der Waals surface area contributed by atoms with E-state index in [2.05, 4.69) is 22.0 Å². The number of nitrogens with two attached hydrogens (primary N) is 1. The van der Waals surface area contributed by atoms with Crippen LogP contribution in [0.5, 0.6) is 0 Å². The van der Waals surface area contributed by atoms with E-state index in [-0.39, 0.29) is 0 Å². The van der Waals surface area contributed by atoms with Gasteiger partial charge in [-0.05, 0) is 37.6 Å². The highest BCUT2D eigenvalue weighted by Gasteiger charge is 2.17. The van der Waals surface area contributed by atoms with Crippen LogP contribution in [0.4, 0.5) is 5.82 Å². The minimum absolute atomic E-state index is 0.382. The van der Waals surface area contributed by atoms with Crippen molar-refractivity contribution >= 4 is 33.3 Å². The van der Waals surface area contributed by atoms with Crippen molar-refractivity contribution in [2.45, 2.75) is 26.0 Å². The zero-order chi connectivity index (χ0) is 18.2. The topological polar surface area (TPSA) is 89.0 Å². The molecular weight excluding hydrogens is 314 g/mol. The number of allylic oxidation sites excluding steroid dienone is 2. The minimum Gasteiger partial charge on any atom is -0.389 e. The van der Waals surface area contributed by atoms with Crippen molar-refractivity contribution in [3.63, 3.8) is 0 Å². The number of hydrogen-bond donors (Lipinski definition) is 3. The quantitative estimate of drug-likeness (QED) is 0.623. The molecule has 0 atom stereocenters. The zero-order valence-electron chi connectivity index (χ0n) is 14.7. The van der Waals surface area contributed by atoms with Crippen molar-refractivity contribution in [3.05, 3.63) is 48.7 Å². The normalized spacial score (nSPS) is 12.7. The molecule has 0 fully saturated rings. The minimum atomic E-state index is -0.857. The van der Waals surface area contributed by atoms with Gasteiger partial charge in [0.2, 0.25) is 0 Å². The number of benzene rings is 1. The molecule has 6 heteroatoms. The van der Waals surface area contributed by atoms with Gasteiger partial charge in [-0.2, -0.15) is 5.10 Å². The third kappa shape index (κ3) is 3.34. The van der Waals surface area contributed by atoms with Gasteiger partial charge in [-0.15, -0.1) is 0 Å². The summed E-state index contributed by atoms with van der Waals surface area (Å²) in [6, 6.07) is 5.99. The summed E-state index contributed by atoms with van der Waals surface area (Å²) in [6.07, 6.45) is 5.47. The standard InChI is InChI=1S/C19H23N5O/c1-5-6-15(21-4)12-7-8-13-16(9-12)22-18(20)14-10-24(23-17(13)14)11-19(2,3)25/h5-10,21,25H,1,11H2,2-4H3,(H2,20,22)/b15-6-. The SMILES string of the molecule is C=C/C=C(\NC)c1ccc2c(c1)nc(N)c1cn(CC(C)(C)O)nc12. The van der Waals surface area contributed by atoms with Gasteiger partial charge in [0.15, 0.2) is 0 Å². The highest BCUT2D eigenvalue weighted by molar-refractivity contribution is 6.07. The predicted octanol–water partition coefficient (Wildman–Crippen LogP) is 2.68. The Bertz CT molecular complexity index is 979. The van der Waals surface area contributed by atoms with Gasteiger partial charge >= 0.3 is 0 Å². The fraction of sp³-hybridized carbons (Fsp3) is 0.263. The van der Waals surface area contributed by atoms with E-state index in [9.17, 15) is 5.11 Å². The third-order valence-corrected chi connectivity index (χ3v) is 3.95. The monoisotopic (exact) mass is 337 g/mol. The first kappa shape index (κ1) is 17.0. The third-order valence-electron chi connectivity index (χ3n) is 3.95. The van der Waals surface area contributed by atoms with Crippen LogP contribution >= 0.6 is 0 Å². The second-order valence-corrected chi connectivity index (χ2v) is 6.70. The van der Waals surface area contributed by atoms with E-state index in [1.165, 1.54) is 0 Å². The molecule has 6 nitrogen and oxygen atoms in total. The Morgan fingerprint density at radius 1 is 1.40 bits per heavy atom. The molecule has 3 rings (SSSR count). The molecule has 0 unspecified atom stereocenters. The predicted molar refractivity (Wildman–Crippen MR) is 103 cm³/mol. The van der Waals surface area contributed by atoms with Crippen molar-refractivity contribution in [1.29, 1.82) is 0 Å². The number of nitrogen functional groups attached to an aromatic ring is 1. The summed E-state index contributed by atoms with van der Waals surface area (Å²) in [7, 11) is 1.86. The maximum Gasteiger partial charge on any atom is 0.135 e. The second kappa shape index (κ2) is 6.22. The van der Waals surface area contributed by atoms with Gasteiger partial charge < -0.3 is 16.2 Å². The molecule has 0 radical (unpaired) electrons. The van der Waals surface area contributed by atoms with Gasteiger partial charge in [0.25, 0.3) is 0 Å². The molecule has 25 heavy (non-hydrogen) atoms. The van der Waals surface area contributed by atoms with Crippen molar-refractivity contribution in [3.8, 4) is 0 Å². The lowest BCUT2D eigenvalue weighted by Crippen LogP contribution is -2.26. The fourth-order valence-corrected chi connectivity index (χ4v) is 2.91. The van der Waals surface area contributed by atoms with Crippen molar-refractivity contribution in [2.24, 2.45) is 0 Å². The Balaban J connectivity index is 2.18. The molecule has 0 aliphatic carbocycles. The summed E-state index contributed by atoms with van der Waals surface area (Å²) in [4.78, 5) is 4.53. The molecule has 130 valence electrons. The smallest absolute Gasteiger partial charge is 0.135 e. The number of pyridine rings is 1. The van der Waals surface area contributed by atoms with Crippen molar-refractivity contribution in [2.75, 3.05) is 12.8 Å². The van der Waals surface area contributed by atoms with Crippen LogP contribution in [-0.4, -0.2) is 32.5 Å². The maximum absolute atomic E-state index is 10.0. The van der Waals surface area contributed by atoms with Crippen molar-refractivity contribution < 1.29 is 5.11 Å². The zero-order valence-corrected chi connectivity index (χ0v) is 14.7. The number of nitrogens with zero attached hydrogens (tertiary/aromatic N) is 3. The average Bonchev–Trinajstić information content (AvgIpc) is 2.94. The van der Waals surface area contributed by atoms with E-state index in [1.807, 2.05) is 37.5 Å². The lowest BCUT2D eigenvalue weighted by atomic mass is 10.1. The summed E-state index contributed by atoms with van der Waals surface area (Å²) in [5, 5.41) is 19.5. The summed E-state index contributed by atoms with van der Waals surface area (Å²) >= 11 is 0. The van der Waals surface area contributed by atoms with Gasteiger partial charge in [-0.1, -0.05) is 18.7 Å². The molecular formula is C19H23N5O. The van der Waals surface area contributed by atoms with Crippen LogP contribution in [-0.2, 0) is 6.54 Å².